The lowest BCUT2D eigenvalue weighted by Gasteiger charge is -2.15. The van der Waals surface area contributed by atoms with Crippen molar-refractivity contribution in [3.63, 3.8) is 0 Å². The molecule has 100 valence electrons. The third-order valence-corrected chi connectivity index (χ3v) is 4.94. The number of aromatic hydroxyl groups is 1. The molecule has 0 amide bonds. The molecule has 1 aliphatic rings. The molecule has 2 N–H and O–H groups in total. The first kappa shape index (κ1) is 13.4. The first-order valence-electron chi connectivity index (χ1n) is 6.26. The highest BCUT2D eigenvalue weighted by Crippen LogP contribution is 2.49. The summed E-state index contributed by atoms with van der Waals surface area (Å²) in [6.45, 7) is 2.64. The standard InChI is InChI=1S/C13H19NO3S/c1-2-7-13(8-9-13)10-14-18(16,17)12-5-3-11(15)4-6-12/h3-6,14-15H,2,7-10H2,1H3. The van der Waals surface area contributed by atoms with Crippen molar-refractivity contribution in [1.29, 1.82) is 0 Å². The van der Waals surface area contributed by atoms with Gasteiger partial charge in [-0.1, -0.05) is 13.3 Å². The quantitative estimate of drug-likeness (QED) is 0.832. The number of hydrogen-bond acceptors (Lipinski definition) is 3. The first-order chi connectivity index (χ1) is 8.47. The van der Waals surface area contributed by atoms with Crippen LogP contribution in [-0.2, 0) is 10.0 Å². The molecule has 1 fully saturated rings. The van der Waals surface area contributed by atoms with E-state index in [4.69, 9.17) is 5.11 Å². The van der Waals surface area contributed by atoms with Gasteiger partial charge in [0.05, 0.1) is 4.90 Å². The largest absolute Gasteiger partial charge is 0.508 e. The van der Waals surface area contributed by atoms with Crippen LogP contribution in [0.2, 0.25) is 0 Å². The van der Waals surface area contributed by atoms with Crippen molar-refractivity contribution in [2.45, 2.75) is 37.5 Å². The summed E-state index contributed by atoms with van der Waals surface area (Å²) in [6.07, 6.45) is 4.38. The van der Waals surface area contributed by atoms with E-state index in [0.717, 1.165) is 25.7 Å². The Morgan fingerprint density at radius 3 is 2.39 bits per heavy atom. The Morgan fingerprint density at radius 1 is 1.28 bits per heavy atom. The molecule has 5 heteroatoms. The van der Waals surface area contributed by atoms with E-state index in [2.05, 4.69) is 11.6 Å². The van der Waals surface area contributed by atoms with Gasteiger partial charge in [0, 0.05) is 6.54 Å². The fourth-order valence-electron chi connectivity index (χ4n) is 2.18. The van der Waals surface area contributed by atoms with E-state index in [1.807, 2.05) is 0 Å². The second-order valence-corrected chi connectivity index (χ2v) is 6.84. The zero-order valence-electron chi connectivity index (χ0n) is 10.5. The van der Waals surface area contributed by atoms with Gasteiger partial charge in [-0.15, -0.1) is 0 Å². The smallest absolute Gasteiger partial charge is 0.240 e. The van der Waals surface area contributed by atoms with Crippen molar-refractivity contribution < 1.29 is 13.5 Å². The number of hydrogen-bond donors (Lipinski definition) is 2. The fourth-order valence-corrected chi connectivity index (χ4v) is 3.34. The molecule has 1 saturated carbocycles. The molecule has 0 heterocycles. The van der Waals surface area contributed by atoms with Crippen LogP contribution in [0.4, 0.5) is 0 Å². The Balaban J connectivity index is 2.02. The maximum atomic E-state index is 12.0. The monoisotopic (exact) mass is 269 g/mol. The minimum Gasteiger partial charge on any atom is -0.508 e. The van der Waals surface area contributed by atoms with Gasteiger partial charge in [-0.05, 0) is 48.9 Å². The van der Waals surface area contributed by atoms with Crippen molar-refractivity contribution >= 4 is 10.0 Å². The zero-order valence-corrected chi connectivity index (χ0v) is 11.3. The maximum absolute atomic E-state index is 12.0. The lowest BCUT2D eigenvalue weighted by Crippen LogP contribution is -2.30. The molecule has 18 heavy (non-hydrogen) atoms. The fraction of sp³-hybridized carbons (Fsp3) is 0.538. The highest BCUT2D eigenvalue weighted by molar-refractivity contribution is 7.89. The van der Waals surface area contributed by atoms with Crippen LogP contribution in [0, 0.1) is 5.41 Å². The van der Waals surface area contributed by atoms with Crippen molar-refractivity contribution in [1.82, 2.24) is 4.72 Å². The molecular formula is C13H19NO3S. The summed E-state index contributed by atoms with van der Waals surface area (Å²) in [5.74, 6) is 0.0681. The van der Waals surface area contributed by atoms with Crippen LogP contribution >= 0.6 is 0 Å². The van der Waals surface area contributed by atoms with E-state index in [-0.39, 0.29) is 16.1 Å². The molecule has 0 aromatic heterocycles. The van der Waals surface area contributed by atoms with Gasteiger partial charge >= 0.3 is 0 Å². The summed E-state index contributed by atoms with van der Waals surface area (Å²) in [6, 6.07) is 5.59. The Kier molecular flexibility index (Phi) is 3.64. The molecule has 0 saturated heterocycles. The van der Waals surface area contributed by atoms with Crippen molar-refractivity contribution in [3.05, 3.63) is 24.3 Å². The Bertz CT molecular complexity index is 504. The SMILES string of the molecule is CCCC1(CNS(=O)(=O)c2ccc(O)cc2)CC1. The molecule has 0 unspecified atom stereocenters. The van der Waals surface area contributed by atoms with E-state index in [0.29, 0.717) is 6.54 Å². The number of nitrogens with one attached hydrogen (secondary N) is 1. The van der Waals surface area contributed by atoms with Gasteiger partial charge < -0.3 is 5.11 Å². The molecule has 0 atom stereocenters. The van der Waals surface area contributed by atoms with Crippen LogP contribution in [0.1, 0.15) is 32.6 Å². The number of phenols is 1. The van der Waals surface area contributed by atoms with Crippen LogP contribution in [-0.4, -0.2) is 20.1 Å². The molecule has 0 spiro atoms. The van der Waals surface area contributed by atoms with E-state index < -0.39 is 10.0 Å². The second-order valence-electron chi connectivity index (χ2n) is 5.07. The van der Waals surface area contributed by atoms with Crippen LogP contribution in [0.25, 0.3) is 0 Å². The highest BCUT2D eigenvalue weighted by Gasteiger charge is 2.42. The minimum absolute atomic E-state index is 0.0681. The Hall–Kier alpha value is -1.07. The minimum atomic E-state index is -3.45. The molecule has 1 aromatic carbocycles. The van der Waals surface area contributed by atoms with Crippen LogP contribution < -0.4 is 4.72 Å². The Labute approximate surface area is 108 Å². The maximum Gasteiger partial charge on any atom is 0.240 e. The topological polar surface area (TPSA) is 66.4 Å². The van der Waals surface area contributed by atoms with E-state index >= 15 is 0 Å². The number of rotatable bonds is 6. The van der Waals surface area contributed by atoms with Crippen LogP contribution in [0.3, 0.4) is 0 Å². The predicted molar refractivity (Wildman–Crippen MR) is 69.9 cm³/mol. The average Bonchev–Trinajstić information content (AvgIpc) is 3.08. The molecule has 2 rings (SSSR count). The van der Waals surface area contributed by atoms with Gasteiger partial charge in [0.15, 0.2) is 0 Å². The zero-order chi connectivity index (χ0) is 13.2. The number of sulfonamides is 1. The van der Waals surface area contributed by atoms with Gasteiger partial charge in [0.2, 0.25) is 10.0 Å². The van der Waals surface area contributed by atoms with Gasteiger partial charge in [0.1, 0.15) is 5.75 Å². The predicted octanol–water partition coefficient (Wildman–Crippen LogP) is 2.25. The molecule has 1 aliphatic carbocycles. The molecule has 0 radical (unpaired) electrons. The van der Waals surface area contributed by atoms with Crippen molar-refractivity contribution in [2.24, 2.45) is 5.41 Å². The Morgan fingerprint density at radius 2 is 1.89 bits per heavy atom. The average molecular weight is 269 g/mol. The van der Waals surface area contributed by atoms with Crippen LogP contribution in [0.5, 0.6) is 5.75 Å². The third kappa shape index (κ3) is 3.03. The summed E-state index contributed by atoms with van der Waals surface area (Å²) >= 11 is 0. The number of benzene rings is 1. The van der Waals surface area contributed by atoms with E-state index in [1.165, 1.54) is 24.3 Å². The summed E-state index contributed by atoms with van der Waals surface area (Å²) in [4.78, 5) is 0.201. The van der Waals surface area contributed by atoms with Crippen LogP contribution in [0.15, 0.2) is 29.2 Å². The van der Waals surface area contributed by atoms with Gasteiger partial charge in [0.25, 0.3) is 0 Å². The van der Waals surface area contributed by atoms with E-state index in [9.17, 15) is 8.42 Å². The molecule has 0 aliphatic heterocycles. The van der Waals surface area contributed by atoms with Crippen molar-refractivity contribution in [2.75, 3.05) is 6.54 Å². The highest BCUT2D eigenvalue weighted by atomic mass is 32.2. The first-order valence-corrected chi connectivity index (χ1v) is 7.74. The van der Waals surface area contributed by atoms with Crippen molar-refractivity contribution in [3.8, 4) is 5.75 Å². The summed E-state index contributed by atoms with van der Waals surface area (Å²) < 4.78 is 26.7. The van der Waals surface area contributed by atoms with E-state index in [1.54, 1.807) is 0 Å². The third-order valence-electron chi connectivity index (χ3n) is 3.52. The molecule has 1 aromatic rings. The van der Waals surface area contributed by atoms with Gasteiger partial charge in [-0.25, -0.2) is 13.1 Å². The molecular weight excluding hydrogens is 250 g/mol. The lowest BCUT2D eigenvalue weighted by atomic mass is 10.0. The van der Waals surface area contributed by atoms with Gasteiger partial charge in [-0.2, -0.15) is 0 Å². The summed E-state index contributed by atoms with van der Waals surface area (Å²) in [7, 11) is -3.45. The van der Waals surface area contributed by atoms with Gasteiger partial charge in [-0.3, -0.25) is 0 Å². The normalized spacial score (nSPS) is 17.6. The molecule has 4 nitrogen and oxygen atoms in total. The second kappa shape index (κ2) is 4.90. The lowest BCUT2D eigenvalue weighted by molar-refractivity contribution is 0.449. The summed E-state index contributed by atoms with van der Waals surface area (Å²) in [5, 5.41) is 9.15. The number of phenolic OH excluding ortho intramolecular Hbond substituents is 1. The molecule has 0 bridgehead atoms. The summed E-state index contributed by atoms with van der Waals surface area (Å²) in [5.41, 5.74) is 0.193.